The minimum absolute atomic E-state index is 0.00449. The first-order chi connectivity index (χ1) is 8.13. The molecule has 0 spiro atoms. The molecule has 1 heterocycles. The van der Waals surface area contributed by atoms with E-state index in [0.29, 0.717) is 12.2 Å². The summed E-state index contributed by atoms with van der Waals surface area (Å²) in [7, 11) is 1.55. The Morgan fingerprint density at radius 3 is 2.88 bits per heavy atom. The number of carboxylic acid groups (broad SMARTS) is 1. The molecule has 1 aliphatic rings. The second kappa shape index (κ2) is 4.83. The summed E-state index contributed by atoms with van der Waals surface area (Å²) >= 11 is 0. The molecular weight excluding hydrogens is 222 g/mol. The second-order valence-electron chi connectivity index (χ2n) is 4.46. The zero-order valence-electron chi connectivity index (χ0n) is 10.1. The highest BCUT2D eigenvalue weighted by Crippen LogP contribution is 2.33. The fourth-order valence-electron chi connectivity index (χ4n) is 1.86. The van der Waals surface area contributed by atoms with E-state index in [-0.39, 0.29) is 11.8 Å². The summed E-state index contributed by atoms with van der Waals surface area (Å²) < 4.78 is 6.85. The van der Waals surface area contributed by atoms with Gasteiger partial charge in [-0.3, -0.25) is 0 Å². The van der Waals surface area contributed by atoms with E-state index in [0.717, 1.165) is 12.3 Å². The van der Waals surface area contributed by atoms with Gasteiger partial charge in [0.05, 0.1) is 6.10 Å². The van der Waals surface area contributed by atoms with Crippen LogP contribution in [0.3, 0.4) is 0 Å². The van der Waals surface area contributed by atoms with E-state index < -0.39 is 5.97 Å². The minimum Gasteiger partial charge on any atom is -0.476 e. The van der Waals surface area contributed by atoms with Gasteiger partial charge in [-0.05, 0) is 19.3 Å². The Balaban J connectivity index is 2.20. The van der Waals surface area contributed by atoms with E-state index in [9.17, 15) is 4.79 Å². The summed E-state index contributed by atoms with van der Waals surface area (Å²) in [6.07, 6.45) is 3.27. The van der Waals surface area contributed by atoms with E-state index in [1.54, 1.807) is 18.7 Å². The number of ether oxygens (including phenoxy) is 1. The molecule has 1 unspecified atom stereocenters. The number of aromatic carboxylic acids is 1. The lowest BCUT2D eigenvalue weighted by Crippen LogP contribution is -2.13. The molecule has 0 radical (unpaired) electrons. The normalized spacial score (nSPS) is 17.1. The maximum absolute atomic E-state index is 11.0. The Hall–Kier alpha value is -1.43. The van der Waals surface area contributed by atoms with Gasteiger partial charge in [0.2, 0.25) is 0 Å². The second-order valence-corrected chi connectivity index (χ2v) is 4.46. The van der Waals surface area contributed by atoms with Crippen molar-refractivity contribution in [1.29, 1.82) is 0 Å². The lowest BCUT2D eigenvalue weighted by molar-refractivity contribution is 0.0673. The summed E-state index contributed by atoms with van der Waals surface area (Å²) in [5, 5.41) is 16.7. The predicted molar refractivity (Wildman–Crippen MR) is 59.7 cm³/mol. The number of carbonyl (C=O) groups is 1. The number of aryl methyl sites for hydroxylation is 1. The van der Waals surface area contributed by atoms with Crippen LogP contribution in [0.25, 0.3) is 0 Å². The summed E-state index contributed by atoms with van der Waals surface area (Å²) in [5.74, 6) is -0.278. The van der Waals surface area contributed by atoms with E-state index in [1.807, 2.05) is 0 Å². The molecular formula is C11H17N3O3. The molecule has 0 saturated heterocycles. The molecule has 2 rings (SSSR count). The Morgan fingerprint density at radius 2 is 2.35 bits per heavy atom. The molecule has 17 heavy (non-hydrogen) atoms. The highest BCUT2D eigenvalue weighted by molar-refractivity contribution is 5.86. The van der Waals surface area contributed by atoms with E-state index in [1.165, 1.54) is 12.8 Å². The smallest absolute Gasteiger partial charge is 0.358 e. The number of hydrogen-bond donors (Lipinski definition) is 1. The van der Waals surface area contributed by atoms with Gasteiger partial charge in [-0.2, -0.15) is 0 Å². The van der Waals surface area contributed by atoms with Crippen LogP contribution >= 0.6 is 0 Å². The van der Waals surface area contributed by atoms with Crippen LogP contribution in [0.2, 0.25) is 0 Å². The van der Waals surface area contributed by atoms with Crippen molar-refractivity contribution in [1.82, 2.24) is 15.0 Å². The summed E-state index contributed by atoms with van der Waals surface area (Å²) in [6, 6.07) is 0. The minimum atomic E-state index is -1.05. The Labute approximate surface area is 99.6 Å². The van der Waals surface area contributed by atoms with Gasteiger partial charge >= 0.3 is 5.97 Å². The number of methoxy groups -OCH3 is 1. The molecule has 94 valence electrons. The van der Waals surface area contributed by atoms with Crippen LogP contribution in [0, 0.1) is 5.92 Å². The van der Waals surface area contributed by atoms with Crippen molar-refractivity contribution in [3.05, 3.63) is 11.4 Å². The molecule has 0 aliphatic heterocycles. The first-order valence-corrected chi connectivity index (χ1v) is 5.83. The Bertz CT molecular complexity index is 412. The molecule has 6 heteroatoms. The van der Waals surface area contributed by atoms with Crippen molar-refractivity contribution in [3.8, 4) is 0 Å². The molecule has 6 nitrogen and oxygen atoms in total. The maximum Gasteiger partial charge on any atom is 0.358 e. The topological polar surface area (TPSA) is 77.2 Å². The molecule has 1 fully saturated rings. The van der Waals surface area contributed by atoms with E-state index >= 15 is 0 Å². The molecule has 1 saturated carbocycles. The zero-order valence-corrected chi connectivity index (χ0v) is 10.1. The summed E-state index contributed by atoms with van der Waals surface area (Å²) in [4.78, 5) is 11.0. The summed E-state index contributed by atoms with van der Waals surface area (Å²) in [5.41, 5.74) is 0.552. The van der Waals surface area contributed by atoms with E-state index in [2.05, 4.69) is 10.3 Å². The average Bonchev–Trinajstić information content (AvgIpc) is 3.03. The SMILES string of the molecule is COC(C)c1c(C(=O)O)nnn1CCC1CC1. The highest BCUT2D eigenvalue weighted by Gasteiger charge is 2.26. The number of nitrogens with zero attached hydrogens (tertiary/aromatic N) is 3. The van der Waals surface area contributed by atoms with Crippen LogP contribution in [-0.2, 0) is 11.3 Å². The third-order valence-corrected chi connectivity index (χ3v) is 3.16. The van der Waals surface area contributed by atoms with Crippen molar-refractivity contribution in [2.75, 3.05) is 7.11 Å². The van der Waals surface area contributed by atoms with Gasteiger partial charge in [0, 0.05) is 13.7 Å². The van der Waals surface area contributed by atoms with Crippen molar-refractivity contribution in [2.24, 2.45) is 5.92 Å². The molecule has 1 N–H and O–H groups in total. The fraction of sp³-hybridized carbons (Fsp3) is 0.727. The van der Waals surface area contributed by atoms with Gasteiger partial charge in [0.15, 0.2) is 5.69 Å². The standard InChI is InChI=1S/C11H17N3O3/c1-7(17-2)10-9(11(15)16)12-13-14(10)6-5-8-3-4-8/h7-8H,3-6H2,1-2H3,(H,15,16). The Kier molecular flexibility index (Phi) is 3.42. The molecule has 1 atom stereocenters. The molecule has 0 aromatic carbocycles. The van der Waals surface area contributed by atoms with Crippen molar-refractivity contribution < 1.29 is 14.6 Å². The monoisotopic (exact) mass is 239 g/mol. The zero-order chi connectivity index (χ0) is 12.4. The van der Waals surface area contributed by atoms with E-state index in [4.69, 9.17) is 9.84 Å². The first-order valence-electron chi connectivity index (χ1n) is 5.83. The van der Waals surface area contributed by atoms with Gasteiger partial charge in [-0.1, -0.05) is 18.1 Å². The van der Waals surface area contributed by atoms with Gasteiger partial charge in [0.1, 0.15) is 5.69 Å². The van der Waals surface area contributed by atoms with Crippen LogP contribution in [0.1, 0.15) is 48.5 Å². The van der Waals surface area contributed by atoms with Crippen molar-refractivity contribution in [2.45, 2.75) is 38.8 Å². The fourth-order valence-corrected chi connectivity index (χ4v) is 1.86. The maximum atomic E-state index is 11.0. The van der Waals surface area contributed by atoms with Crippen LogP contribution in [0.4, 0.5) is 0 Å². The van der Waals surface area contributed by atoms with Gasteiger partial charge < -0.3 is 9.84 Å². The average molecular weight is 239 g/mol. The van der Waals surface area contributed by atoms with Crippen LogP contribution in [-0.4, -0.2) is 33.2 Å². The molecule has 1 aliphatic carbocycles. The number of hydrogen-bond acceptors (Lipinski definition) is 4. The molecule has 1 aromatic rings. The van der Waals surface area contributed by atoms with Crippen molar-refractivity contribution in [3.63, 3.8) is 0 Å². The quantitative estimate of drug-likeness (QED) is 0.813. The summed E-state index contributed by atoms with van der Waals surface area (Å²) in [6.45, 7) is 2.52. The molecule has 0 bridgehead atoms. The van der Waals surface area contributed by atoms with Crippen LogP contribution in [0.15, 0.2) is 0 Å². The predicted octanol–water partition coefficient (Wildman–Crippen LogP) is 1.48. The van der Waals surface area contributed by atoms with Crippen molar-refractivity contribution >= 4 is 5.97 Å². The highest BCUT2D eigenvalue weighted by atomic mass is 16.5. The molecule has 0 amide bonds. The third kappa shape index (κ3) is 2.63. The van der Waals surface area contributed by atoms with Gasteiger partial charge in [0.25, 0.3) is 0 Å². The number of aromatic nitrogens is 3. The third-order valence-electron chi connectivity index (χ3n) is 3.16. The van der Waals surface area contributed by atoms with Gasteiger partial charge in [-0.25, -0.2) is 9.48 Å². The number of rotatable bonds is 6. The number of carboxylic acids is 1. The lowest BCUT2D eigenvalue weighted by atomic mass is 10.2. The lowest BCUT2D eigenvalue weighted by Gasteiger charge is -2.12. The van der Waals surface area contributed by atoms with Crippen LogP contribution in [0.5, 0.6) is 0 Å². The first kappa shape index (κ1) is 12.0. The Morgan fingerprint density at radius 1 is 1.65 bits per heavy atom. The largest absolute Gasteiger partial charge is 0.476 e. The molecule has 1 aromatic heterocycles. The van der Waals surface area contributed by atoms with Gasteiger partial charge in [-0.15, -0.1) is 5.10 Å². The van der Waals surface area contributed by atoms with Crippen LogP contribution < -0.4 is 0 Å².